The quantitative estimate of drug-likeness (QED) is 0.759. The van der Waals surface area contributed by atoms with Crippen molar-refractivity contribution in [3.05, 3.63) is 0 Å². The van der Waals surface area contributed by atoms with Gasteiger partial charge in [0.05, 0.1) is 6.61 Å². The van der Waals surface area contributed by atoms with Crippen LogP contribution >= 0.6 is 0 Å². The number of carboxylic acid groups (broad SMARTS) is 1. The van der Waals surface area contributed by atoms with E-state index in [4.69, 9.17) is 9.47 Å². The third kappa shape index (κ3) is 3.19. The van der Waals surface area contributed by atoms with Gasteiger partial charge in [-0.3, -0.25) is 0 Å². The largest absolute Gasteiger partial charge is 0.479 e. The molecule has 0 atom stereocenters. The lowest BCUT2D eigenvalue weighted by atomic mass is 9.96. The van der Waals surface area contributed by atoms with E-state index in [-0.39, 0.29) is 0 Å². The van der Waals surface area contributed by atoms with E-state index >= 15 is 0 Å². The van der Waals surface area contributed by atoms with Crippen molar-refractivity contribution in [3.63, 3.8) is 0 Å². The number of aliphatic carboxylic acids is 1. The van der Waals surface area contributed by atoms with Gasteiger partial charge in [-0.05, 0) is 31.6 Å². The van der Waals surface area contributed by atoms with Crippen LogP contribution in [0.15, 0.2) is 0 Å². The summed E-state index contributed by atoms with van der Waals surface area (Å²) >= 11 is 0. The van der Waals surface area contributed by atoms with Gasteiger partial charge >= 0.3 is 5.97 Å². The van der Waals surface area contributed by atoms with Crippen molar-refractivity contribution in [1.82, 2.24) is 0 Å². The molecular weight excluding hydrogens is 208 g/mol. The highest BCUT2D eigenvalue weighted by molar-refractivity contribution is 5.77. The fourth-order valence-electron chi connectivity index (χ4n) is 2.01. The molecule has 1 fully saturated rings. The first-order valence-corrected chi connectivity index (χ1v) is 6.09. The van der Waals surface area contributed by atoms with Crippen LogP contribution in [0.4, 0.5) is 0 Å². The first-order valence-electron chi connectivity index (χ1n) is 6.09. The number of ether oxygens (including phenoxy) is 2. The monoisotopic (exact) mass is 230 g/mol. The molecule has 1 heterocycles. The lowest BCUT2D eigenvalue weighted by molar-refractivity contribution is -0.170. The van der Waals surface area contributed by atoms with E-state index in [0.29, 0.717) is 25.4 Å². The molecular formula is C12H22O4. The third-order valence-corrected chi connectivity index (χ3v) is 3.47. The Morgan fingerprint density at radius 3 is 2.38 bits per heavy atom. The molecule has 16 heavy (non-hydrogen) atoms. The lowest BCUT2D eigenvalue weighted by Gasteiger charge is -2.30. The van der Waals surface area contributed by atoms with Crippen LogP contribution in [-0.2, 0) is 14.3 Å². The molecule has 0 aliphatic carbocycles. The van der Waals surface area contributed by atoms with Crippen molar-refractivity contribution in [1.29, 1.82) is 0 Å². The van der Waals surface area contributed by atoms with Crippen molar-refractivity contribution in [2.45, 2.75) is 45.1 Å². The molecule has 0 radical (unpaired) electrons. The summed E-state index contributed by atoms with van der Waals surface area (Å²) < 4.78 is 10.9. The van der Waals surface area contributed by atoms with Crippen molar-refractivity contribution < 1.29 is 19.4 Å². The topological polar surface area (TPSA) is 55.8 Å². The summed E-state index contributed by atoms with van der Waals surface area (Å²) in [4.78, 5) is 11.2. The molecule has 1 rings (SSSR count). The van der Waals surface area contributed by atoms with E-state index < -0.39 is 11.6 Å². The molecule has 0 unspecified atom stereocenters. The Balaban J connectivity index is 2.45. The van der Waals surface area contributed by atoms with Crippen LogP contribution in [0.1, 0.15) is 39.5 Å². The first kappa shape index (κ1) is 13.5. The van der Waals surface area contributed by atoms with Gasteiger partial charge in [0, 0.05) is 13.2 Å². The summed E-state index contributed by atoms with van der Waals surface area (Å²) in [6, 6.07) is 0. The highest BCUT2D eigenvalue weighted by Crippen LogP contribution is 2.24. The highest BCUT2D eigenvalue weighted by Gasteiger charge is 2.36. The molecule has 0 aromatic rings. The van der Waals surface area contributed by atoms with Gasteiger partial charge in [-0.25, -0.2) is 4.79 Å². The van der Waals surface area contributed by atoms with Gasteiger partial charge in [-0.15, -0.1) is 0 Å². The zero-order valence-electron chi connectivity index (χ0n) is 10.2. The van der Waals surface area contributed by atoms with Crippen LogP contribution in [0.5, 0.6) is 0 Å². The Hall–Kier alpha value is -0.610. The Bertz CT molecular complexity index is 217. The number of hydrogen-bond donors (Lipinski definition) is 1. The van der Waals surface area contributed by atoms with E-state index in [1.54, 1.807) is 0 Å². The van der Waals surface area contributed by atoms with E-state index in [1.807, 2.05) is 13.8 Å². The van der Waals surface area contributed by atoms with Crippen LogP contribution in [-0.4, -0.2) is 36.5 Å². The molecule has 4 nitrogen and oxygen atoms in total. The average molecular weight is 230 g/mol. The van der Waals surface area contributed by atoms with Gasteiger partial charge in [-0.2, -0.15) is 0 Å². The molecule has 1 saturated heterocycles. The number of carbonyl (C=O) groups is 1. The second kappa shape index (κ2) is 6.21. The fraction of sp³-hybridized carbons (Fsp3) is 0.917. The summed E-state index contributed by atoms with van der Waals surface area (Å²) in [5.41, 5.74) is -0.988. The normalized spacial score (nSPS) is 18.6. The maximum absolute atomic E-state index is 11.2. The molecule has 4 heteroatoms. The van der Waals surface area contributed by atoms with Crippen molar-refractivity contribution in [2.75, 3.05) is 19.8 Å². The number of hydrogen-bond acceptors (Lipinski definition) is 3. The van der Waals surface area contributed by atoms with Crippen molar-refractivity contribution in [2.24, 2.45) is 5.92 Å². The lowest BCUT2D eigenvalue weighted by Crippen LogP contribution is -2.42. The molecule has 1 aliphatic heterocycles. The summed E-state index contributed by atoms with van der Waals surface area (Å²) in [6.07, 6.45) is 2.98. The zero-order chi connectivity index (χ0) is 12.0. The summed E-state index contributed by atoms with van der Waals surface area (Å²) in [5.74, 6) is -0.393. The average Bonchev–Trinajstić information content (AvgIpc) is 2.32. The Morgan fingerprint density at radius 2 is 1.94 bits per heavy atom. The summed E-state index contributed by atoms with van der Waals surface area (Å²) in [7, 11) is 0. The van der Waals surface area contributed by atoms with Crippen LogP contribution in [0.3, 0.4) is 0 Å². The highest BCUT2D eigenvalue weighted by atomic mass is 16.5. The minimum Gasteiger partial charge on any atom is -0.479 e. The second-order valence-electron chi connectivity index (χ2n) is 4.37. The Morgan fingerprint density at radius 1 is 1.38 bits per heavy atom. The maximum atomic E-state index is 11.2. The van der Waals surface area contributed by atoms with E-state index in [1.165, 1.54) is 0 Å². The van der Waals surface area contributed by atoms with Crippen LogP contribution < -0.4 is 0 Å². The minimum atomic E-state index is -0.988. The van der Waals surface area contributed by atoms with Gasteiger partial charge in [0.2, 0.25) is 0 Å². The maximum Gasteiger partial charge on any atom is 0.335 e. The van der Waals surface area contributed by atoms with Crippen molar-refractivity contribution >= 4 is 5.97 Å². The standard InChI is InChI=1S/C12H22O4/c1-3-12(4-2,11(13)14)16-9-10-5-7-15-8-6-10/h10H,3-9H2,1-2H3,(H,13,14). The zero-order valence-corrected chi connectivity index (χ0v) is 10.2. The fourth-order valence-corrected chi connectivity index (χ4v) is 2.01. The van der Waals surface area contributed by atoms with E-state index in [2.05, 4.69) is 0 Å². The Kier molecular flexibility index (Phi) is 5.22. The van der Waals surface area contributed by atoms with Gasteiger partial charge in [0.25, 0.3) is 0 Å². The second-order valence-corrected chi connectivity index (χ2v) is 4.37. The van der Waals surface area contributed by atoms with E-state index in [9.17, 15) is 9.90 Å². The van der Waals surface area contributed by atoms with Gasteiger partial charge in [-0.1, -0.05) is 13.8 Å². The molecule has 1 aliphatic rings. The summed E-state index contributed by atoms with van der Waals surface area (Å²) in [6.45, 7) is 5.80. The molecule has 0 saturated carbocycles. The Labute approximate surface area is 96.9 Å². The molecule has 0 spiro atoms. The molecule has 94 valence electrons. The van der Waals surface area contributed by atoms with E-state index in [0.717, 1.165) is 26.1 Å². The van der Waals surface area contributed by atoms with Crippen LogP contribution in [0.2, 0.25) is 0 Å². The molecule has 0 aromatic heterocycles. The third-order valence-electron chi connectivity index (χ3n) is 3.47. The molecule has 0 aromatic carbocycles. The van der Waals surface area contributed by atoms with Gasteiger partial charge in [0.1, 0.15) is 0 Å². The van der Waals surface area contributed by atoms with Gasteiger partial charge < -0.3 is 14.6 Å². The molecule has 0 bridgehead atoms. The van der Waals surface area contributed by atoms with Crippen LogP contribution in [0, 0.1) is 5.92 Å². The predicted octanol–water partition coefficient (Wildman–Crippen LogP) is 2.07. The minimum absolute atomic E-state index is 0.450. The van der Waals surface area contributed by atoms with Crippen LogP contribution in [0.25, 0.3) is 0 Å². The molecule has 0 amide bonds. The first-order chi connectivity index (χ1) is 7.64. The summed E-state index contributed by atoms with van der Waals surface area (Å²) in [5, 5.41) is 9.20. The van der Waals surface area contributed by atoms with Gasteiger partial charge in [0.15, 0.2) is 5.60 Å². The number of carboxylic acids is 1. The smallest absolute Gasteiger partial charge is 0.335 e. The molecule has 1 N–H and O–H groups in total. The van der Waals surface area contributed by atoms with Crippen molar-refractivity contribution in [3.8, 4) is 0 Å². The number of rotatable bonds is 6. The predicted molar refractivity (Wildman–Crippen MR) is 60.4 cm³/mol. The SMILES string of the molecule is CCC(CC)(OCC1CCOCC1)C(=O)O.